The molecule has 3 atom stereocenters. The van der Waals surface area contributed by atoms with Crippen LogP contribution in [0.1, 0.15) is 36.9 Å². The van der Waals surface area contributed by atoms with Gasteiger partial charge in [-0.15, -0.1) is 0 Å². The molecular formula is C20H18ClN3O2S. The average molecular weight is 400 g/mol. The van der Waals surface area contributed by atoms with Gasteiger partial charge in [-0.05, 0) is 30.2 Å². The molecule has 3 aliphatic rings. The van der Waals surface area contributed by atoms with Gasteiger partial charge in [-0.3, -0.25) is 10.1 Å². The Hall–Kier alpha value is -2.18. The number of nitrogens with one attached hydrogen (secondary N) is 1. The van der Waals surface area contributed by atoms with Crippen LogP contribution >= 0.6 is 23.4 Å². The Morgan fingerprint density at radius 2 is 2.15 bits per heavy atom. The summed E-state index contributed by atoms with van der Waals surface area (Å²) in [5.74, 6) is -0.218. The van der Waals surface area contributed by atoms with Crippen molar-refractivity contribution in [2.24, 2.45) is 5.10 Å². The molecule has 0 bridgehead atoms. The minimum Gasteiger partial charge on any atom is -0.447 e. The molecule has 138 valence electrons. The summed E-state index contributed by atoms with van der Waals surface area (Å²) in [6, 6.07) is 15.7. The Balaban J connectivity index is 1.66. The number of carbonyl (C=O) groups is 1. The highest BCUT2D eigenvalue weighted by Crippen LogP contribution is 2.51. The molecular weight excluding hydrogens is 382 g/mol. The number of fused-ring (bicyclic) bond motifs is 4. The number of halogens is 1. The number of ether oxygens (including phenoxy) is 1. The number of nitrogens with zero attached hydrogens (tertiary/aromatic N) is 2. The summed E-state index contributed by atoms with van der Waals surface area (Å²) < 4.78 is 6.41. The Labute approximate surface area is 166 Å². The molecule has 1 saturated heterocycles. The second-order valence-corrected chi connectivity index (χ2v) is 8.50. The number of carbonyl (C=O) groups excluding carboxylic acids is 1. The zero-order valence-corrected chi connectivity index (χ0v) is 16.3. The molecule has 0 aliphatic carbocycles. The van der Waals surface area contributed by atoms with Gasteiger partial charge in [0.05, 0.1) is 17.0 Å². The van der Waals surface area contributed by atoms with Crippen molar-refractivity contribution in [3.63, 3.8) is 0 Å². The molecule has 7 heteroatoms. The third-order valence-corrected chi connectivity index (χ3v) is 6.78. The van der Waals surface area contributed by atoms with Crippen molar-refractivity contribution < 1.29 is 9.53 Å². The number of thioether (sulfide) groups is 1. The first kappa shape index (κ1) is 17.0. The van der Waals surface area contributed by atoms with Gasteiger partial charge >= 0.3 is 0 Å². The highest BCUT2D eigenvalue weighted by molar-refractivity contribution is 8.14. The highest BCUT2D eigenvalue weighted by Gasteiger charge is 2.60. The van der Waals surface area contributed by atoms with Crippen molar-refractivity contribution in [2.75, 3.05) is 0 Å². The zero-order valence-electron chi connectivity index (χ0n) is 14.7. The topological polar surface area (TPSA) is 53.9 Å². The van der Waals surface area contributed by atoms with Crippen LogP contribution in [0, 0.1) is 0 Å². The molecule has 1 N–H and O–H groups in total. The largest absolute Gasteiger partial charge is 0.447 e. The average Bonchev–Trinajstić information content (AvgIpc) is 3.26. The molecule has 5 nitrogen and oxygen atoms in total. The standard InChI is InChI=1S/C20H18ClN3O2S/c1-2-18-20(22-19(25)27-18)24-16(14-10-13(21)8-9-17(14)26-20)11-15(23-24)12-6-4-3-5-7-12/h3-10,16,18H,2,11H2,1H3,(H,22,25). The fourth-order valence-electron chi connectivity index (χ4n) is 4.07. The number of hydrogen-bond acceptors (Lipinski definition) is 5. The first-order valence-electron chi connectivity index (χ1n) is 9.00. The quantitative estimate of drug-likeness (QED) is 0.790. The summed E-state index contributed by atoms with van der Waals surface area (Å²) in [6.07, 6.45) is 1.52. The molecule has 0 radical (unpaired) electrons. The minimum atomic E-state index is -0.974. The SMILES string of the molecule is CCC1SC(=O)NC12Oc1ccc(Cl)cc1C1CC(c3ccccc3)=NN12. The molecule has 2 aromatic carbocycles. The maximum atomic E-state index is 12.3. The van der Waals surface area contributed by atoms with Crippen molar-refractivity contribution in [3.05, 3.63) is 64.7 Å². The number of amides is 1. The first-order chi connectivity index (χ1) is 13.1. The Kier molecular flexibility index (Phi) is 3.88. The van der Waals surface area contributed by atoms with E-state index in [0.29, 0.717) is 5.02 Å². The van der Waals surface area contributed by atoms with Crippen LogP contribution in [0.25, 0.3) is 0 Å². The predicted octanol–water partition coefficient (Wildman–Crippen LogP) is 4.77. The van der Waals surface area contributed by atoms with E-state index in [2.05, 4.69) is 24.4 Å². The van der Waals surface area contributed by atoms with E-state index in [1.54, 1.807) is 0 Å². The lowest BCUT2D eigenvalue weighted by atomic mass is 9.95. The van der Waals surface area contributed by atoms with Gasteiger partial charge in [0, 0.05) is 17.0 Å². The fourth-order valence-corrected chi connectivity index (χ4v) is 5.26. The molecule has 1 spiro atoms. The second-order valence-electron chi connectivity index (χ2n) is 6.89. The van der Waals surface area contributed by atoms with Gasteiger partial charge in [0.2, 0.25) is 0 Å². The van der Waals surface area contributed by atoms with Gasteiger partial charge in [0.25, 0.3) is 11.1 Å². The lowest BCUT2D eigenvalue weighted by Gasteiger charge is -2.47. The van der Waals surface area contributed by atoms with Gasteiger partial charge in [-0.2, -0.15) is 5.10 Å². The number of hydrogen-bond donors (Lipinski definition) is 1. The highest BCUT2D eigenvalue weighted by atomic mass is 35.5. The van der Waals surface area contributed by atoms with Crippen LogP contribution in [0.5, 0.6) is 5.75 Å². The number of rotatable bonds is 2. The molecule has 5 rings (SSSR count). The van der Waals surface area contributed by atoms with Gasteiger partial charge < -0.3 is 4.74 Å². The Morgan fingerprint density at radius 1 is 1.33 bits per heavy atom. The molecule has 0 aromatic heterocycles. The van der Waals surface area contributed by atoms with E-state index in [-0.39, 0.29) is 16.5 Å². The van der Waals surface area contributed by atoms with Crippen molar-refractivity contribution in [2.45, 2.75) is 36.9 Å². The molecule has 2 aromatic rings. The molecule has 3 unspecified atom stereocenters. The maximum Gasteiger partial charge on any atom is 0.292 e. The molecule has 3 aliphatic heterocycles. The Bertz CT molecular complexity index is 951. The summed E-state index contributed by atoms with van der Waals surface area (Å²) in [5, 5.41) is 10.5. The van der Waals surface area contributed by atoms with Gasteiger partial charge in [-0.1, -0.05) is 60.6 Å². The molecule has 0 saturated carbocycles. The van der Waals surface area contributed by atoms with E-state index >= 15 is 0 Å². The van der Waals surface area contributed by atoms with Crippen LogP contribution in [0.4, 0.5) is 4.79 Å². The molecule has 1 fully saturated rings. The zero-order chi connectivity index (χ0) is 18.6. The number of benzene rings is 2. The van der Waals surface area contributed by atoms with E-state index in [9.17, 15) is 4.79 Å². The van der Waals surface area contributed by atoms with Crippen molar-refractivity contribution in [1.29, 1.82) is 0 Å². The van der Waals surface area contributed by atoms with Crippen LogP contribution in [-0.2, 0) is 0 Å². The summed E-state index contributed by atoms with van der Waals surface area (Å²) in [6.45, 7) is 2.06. The number of hydrazone groups is 1. The Morgan fingerprint density at radius 3 is 2.93 bits per heavy atom. The molecule has 27 heavy (non-hydrogen) atoms. The monoisotopic (exact) mass is 399 g/mol. The summed E-state index contributed by atoms with van der Waals surface area (Å²) >= 11 is 7.55. The van der Waals surface area contributed by atoms with Gasteiger partial charge in [0.1, 0.15) is 5.75 Å². The van der Waals surface area contributed by atoms with E-state index in [0.717, 1.165) is 35.4 Å². The minimum absolute atomic E-state index is 0.0318. The van der Waals surface area contributed by atoms with Crippen LogP contribution < -0.4 is 10.1 Å². The third-order valence-electron chi connectivity index (χ3n) is 5.29. The van der Waals surface area contributed by atoms with Crippen molar-refractivity contribution >= 4 is 34.3 Å². The second kappa shape index (κ2) is 6.17. The molecule has 3 heterocycles. The van der Waals surface area contributed by atoms with E-state index < -0.39 is 5.85 Å². The smallest absolute Gasteiger partial charge is 0.292 e. The normalized spacial score (nSPS) is 28.4. The summed E-state index contributed by atoms with van der Waals surface area (Å²) in [4.78, 5) is 12.3. The summed E-state index contributed by atoms with van der Waals surface area (Å²) in [5.41, 5.74) is 3.07. The maximum absolute atomic E-state index is 12.3. The summed E-state index contributed by atoms with van der Waals surface area (Å²) in [7, 11) is 0. The van der Waals surface area contributed by atoms with Gasteiger partial charge in [0.15, 0.2) is 0 Å². The van der Waals surface area contributed by atoms with Crippen LogP contribution in [0.3, 0.4) is 0 Å². The van der Waals surface area contributed by atoms with Crippen LogP contribution in [0.15, 0.2) is 53.6 Å². The van der Waals surface area contributed by atoms with Crippen molar-refractivity contribution in [3.8, 4) is 5.75 Å². The lowest BCUT2D eigenvalue weighted by molar-refractivity contribution is -0.130. The third kappa shape index (κ3) is 2.54. The van der Waals surface area contributed by atoms with Crippen LogP contribution in [0.2, 0.25) is 5.02 Å². The van der Waals surface area contributed by atoms with E-state index in [1.807, 2.05) is 41.4 Å². The predicted molar refractivity (Wildman–Crippen MR) is 107 cm³/mol. The molecule has 1 amide bonds. The van der Waals surface area contributed by atoms with E-state index in [4.69, 9.17) is 21.4 Å². The first-order valence-corrected chi connectivity index (χ1v) is 10.3. The van der Waals surface area contributed by atoms with Crippen LogP contribution in [-0.4, -0.2) is 27.1 Å². The lowest BCUT2D eigenvalue weighted by Crippen LogP contribution is -2.65. The van der Waals surface area contributed by atoms with Crippen molar-refractivity contribution in [1.82, 2.24) is 10.3 Å². The van der Waals surface area contributed by atoms with Gasteiger partial charge in [-0.25, -0.2) is 5.01 Å². The van der Waals surface area contributed by atoms with E-state index in [1.165, 1.54) is 11.8 Å². The fraction of sp³-hybridized carbons (Fsp3) is 0.300.